The molecule has 1 aromatic carbocycles. The summed E-state index contributed by atoms with van der Waals surface area (Å²) in [6, 6.07) is 7.92. The smallest absolute Gasteiger partial charge is 0.133 e. The van der Waals surface area contributed by atoms with E-state index >= 15 is 0 Å². The maximum Gasteiger partial charge on any atom is 0.133 e. The summed E-state index contributed by atoms with van der Waals surface area (Å²) in [4.78, 5) is 9.02. The van der Waals surface area contributed by atoms with Gasteiger partial charge in [0.15, 0.2) is 0 Å². The van der Waals surface area contributed by atoms with Crippen LogP contribution in [0.4, 0.5) is 0 Å². The van der Waals surface area contributed by atoms with E-state index in [1.807, 2.05) is 38.1 Å². The van der Waals surface area contributed by atoms with Crippen molar-refractivity contribution in [1.82, 2.24) is 9.97 Å². The monoisotopic (exact) mass is 335 g/mol. The van der Waals surface area contributed by atoms with E-state index in [4.69, 9.17) is 10.5 Å². The highest BCUT2D eigenvalue weighted by molar-refractivity contribution is 9.10. The summed E-state index contributed by atoms with van der Waals surface area (Å²) in [5, 5.41) is 0. The van der Waals surface area contributed by atoms with Gasteiger partial charge in [-0.3, -0.25) is 0 Å². The van der Waals surface area contributed by atoms with Gasteiger partial charge >= 0.3 is 0 Å². The molecular weight excluding hydrogens is 318 g/mol. The number of nitrogens with zero attached hydrogens (tertiary/aromatic N) is 2. The molecule has 0 aliphatic heterocycles. The molecular formula is C15H18BrN3O. The molecule has 1 heterocycles. The van der Waals surface area contributed by atoms with E-state index in [1.54, 1.807) is 7.11 Å². The first-order valence-corrected chi connectivity index (χ1v) is 7.23. The van der Waals surface area contributed by atoms with Gasteiger partial charge in [-0.25, -0.2) is 9.97 Å². The van der Waals surface area contributed by atoms with Crippen molar-refractivity contribution in [1.29, 1.82) is 0 Å². The Labute approximate surface area is 127 Å². The van der Waals surface area contributed by atoms with Gasteiger partial charge in [0.2, 0.25) is 0 Å². The van der Waals surface area contributed by atoms with Gasteiger partial charge in [0.1, 0.15) is 11.6 Å². The molecule has 1 atom stereocenters. The summed E-state index contributed by atoms with van der Waals surface area (Å²) in [7, 11) is 1.65. The number of hydrogen-bond acceptors (Lipinski definition) is 4. The lowest BCUT2D eigenvalue weighted by atomic mass is 10.1. The number of halogens is 1. The number of nitrogens with two attached hydrogens (primary N) is 1. The summed E-state index contributed by atoms with van der Waals surface area (Å²) in [5.41, 5.74) is 8.69. The average Bonchev–Trinajstić information content (AvgIpc) is 2.37. The van der Waals surface area contributed by atoms with Crippen LogP contribution in [0.25, 0.3) is 11.3 Å². The fourth-order valence-electron chi connectivity index (χ4n) is 1.98. The molecule has 106 valence electrons. The zero-order valence-corrected chi connectivity index (χ0v) is 13.4. The largest absolute Gasteiger partial charge is 0.496 e. The van der Waals surface area contributed by atoms with Gasteiger partial charge in [-0.05, 0) is 54.0 Å². The molecule has 0 saturated carbocycles. The Balaban J connectivity index is 2.41. The highest BCUT2D eigenvalue weighted by Crippen LogP contribution is 2.29. The van der Waals surface area contributed by atoms with Crippen molar-refractivity contribution in [3.05, 3.63) is 40.3 Å². The van der Waals surface area contributed by atoms with E-state index in [2.05, 4.69) is 25.9 Å². The van der Waals surface area contributed by atoms with Crippen molar-refractivity contribution in [3.8, 4) is 17.0 Å². The topological polar surface area (TPSA) is 61.0 Å². The Morgan fingerprint density at radius 2 is 2.05 bits per heavy atom. The highest BCUT2D eigenvalue weighted by atomic mass is 79.9. The second-order valence-corrected chi connectivity index (χ2v) is 5.70. The minimum absolute atomic E-state index is 0.0484. The number of ether oxygens (including phenoxy) is 1. The Bertz CT molecular complexity index is 614. The molecule has 4 nitrogen and oxygen atoms in total. The summed E-state index contributed by atoms with van der Waals surface area (Å²) in [6.45, 7) is 3.92. The van der Waals surface area contributed by atoms with Gasteiger partial charge in [-0.1, -0.05) is 0 Å². The summed E-state index contributed by atoms with van der Waals surface area (Å²) >= 11 is 3.49. The zero-order valence-electron chi connectivity index (χ0n) is 11.9. The van der Waals surface area contributed by atoms with Gasteiger partial charge in [0.25, 0.3) is 0 Å². The van der Waals surface area contributed by atoms with Crippen LogP contribution in [0.15, 0.2) is 28.7 Å². The Kier molecular flexibility index (Phi) is 4.73. The normalized spacial score (nSPS) is 12.2. The number of rotatable bonds is 4. The van der Waals surface area contributed by atoms with Gasteiger partial charge in [0.05, 0.1) is 17.3 Å². The third kappa shape index (κ3) is 3.55. The molecule has 0 radical (unpaired) electrons. The summed E-state index contributed by atoms with van der Waals surface area (Å²) in [5.74, 6) is 1.58. The van der Waals surface area contributed by atoms with Crippen LogP contribution in [0.1, 0.15) is 18.4 Å². The average molecular weight is 336 g/mol. The molecule has 5 heteroatoms. The fraction of sp³-hybridized carbons (Fsp3) is 0.333. The molecule has 2 aromatic rings. The van der Waals surface area contributed by atoms with Crippen molar-refractivity contribution in [2.75, 3.05) is 7.11 Å². The summed E-state index contributed by atoms with van der Waals surface area (Å²) in [6.07, 6.45) is 0.673. The van der Waals surface area contributed by atoms with Crippen LogP contribution in [0.3, 0.4) is 0 Å². The molecule has 20 heavy (non-hydrogen) atoms. The van der Waals surface area contributed by atoms with E-state index in [1.165, 1.54) is 0 Å². The fourth-order valence-corrected chi connectivity index (χ4v) is 2.52. The van der Waals surface area contributed by atoms with Gasteiger partial charge in [0, 0.05) is 23.7 Å². The molecule has 1 unspecified atom stereocenters. The molecule has 0 spiro atoms. The second-order valence-electron chi connectivity index (χ2n) is 4.84. The molecule has 0 amide bonds. The van der Waals surface area contributed by atoms with Crippen molar-refractivity contribution in [2.24, 2.45) is 5.73 Å². The van der Waals surface area contributed by atoms with E-state index in [9.17, 15) is 0 Å². The number of benzene rings is 1. The van der Waals surface area contributed by atoms with Crippen LogP contribution < -0.4 is 10.5 Å². The molecule has 0 bridgehead atoms. The van der Waals surface area contributed by atoms with E-state index in [0.717, 1.165) is 33.0 Å². The molecule has 2 N–H and O–H groups in total. The molecule has 0 fully saturated rings. The molecule has 1 aromatic heterocycles. The lowest BCUT2D eigenvalue weighted by molar-refractivity contribution is 0.412. The number of methoxy groups -OCH3 is 1. The lowest BCUT2D eigenvalue weighted by Gasteiger charge is -2.09. The van der Waals surface area contributed by atoms with Crippen LogP contribution in [0, 0.1) is 6.92 Å². The van der Waals surface area contributed by atoms with Gasteiger partial charge in [-0.15, -0.1) is 0 Å². The predicted molar refractivity (Wildman–Crippen MR) is 83.8 cm³/mol. The van der Waals surface area contributed by atoms with Crippen LogP contribution in [-0.2, 0) is 6.42 Å². The standard InChI is InChI=1S/C15H18BrN3O/c1-9(17)6-15-18-10(2)7-13(19-15)11-4-5-14(20-3)12(16)8-11/h4-5,7-9H,6,17H2,1-3H3. The first-order chi connectivity index (χ1) is 9.49. The quantitative estimate of drug-likeness (QED) is 0.932. The Hall–Kier alpha value is -1.46. The second kappa shape index (κ2) is 6.33. The molecule has 0 aliphatic rings. The van der Waals surface area contributed by atoms with Crippen LogP contribution in [0.5, 0.6) is 5.75 Å². The van der Waals surface area contributed by atoms with Crippen LogP contribution in [0.2, 0.25) is 0 Å². The lowest BCUT2D eigenvalue weighted by Crippen LogP contribution is -2.19. The van der Waals surface area contributed by atoms with E-state index in [-0.39, 0.29) is 6.04 Å². The molecule has 2 rings (SSSR count). The van der Waals surface area contributed by atoms with Crippen molar-refractivity contribution < 1.29 is 4.74 Å². The molecule has 0 saturated heterocycles. The van der Waals surface area contributed by atoms with Crippen molar-refractivity contribution in [3.63, 3.8) is 0 Å². The predicted octanol–water partition coefficient (Wildman–Crippen LogP) is 3.11. The third-order valence-electron chi connectivity index (χ3n) is 2.85. The zero-order chi connectivity index (χ0) is 14.7. The van der Waals surface area contributed by atoms with Gasteiger partial charge in [-0.2, -0.15) is 0 Å². The number of hydrogen-bond donors (Lipinski definition) is 1. The van der Waals surface area contributed by atoms with Gasteiger partial charge < -0.3 is 10.5 Å². The van der Waals surface area contributed by atoms with Crippen LogP contribution in [-0.4, -0.2) is 23.1 Å². The van der Waals surface area contributed by atoms with E-state index in [0.29, 0.717) is 6.42 Å². The van der Waals surface area contributed by atoms with Crippen LogP contribution >= 0.6 is 15.9 Å². The first-order valence-electron chi connectivity index (χ1n) is 6.43. The summed E-state index contributed by atoms with van der Waals surface area (Å²) < 4.78 is 6.14. The highest BCUT2D eigenvalue weighted by Gasteiger charge is 2.09. The SMILES string of the molecule is COc1ccc(-c2cc(C)nc(CC(C)N)n2)cc1Br. The number of aryl methyl sites for hydroxylation is 1. The minimum Gasteiger partial charge on any atom is -0.496 e. The minimum atomic E-state index is 0.0484. The number of aromatic nitrogens is 2. The maximum atomic E-state index is 5.82. The van der Waals surface area contributed by atoms with Crippen molar-refractivity contribution in [2.45, 2.75) is 26.3 Å². The Morgan fingerprint density at radius 3 is 2.65 bits per heavy atom. The molecule has 0 aliphatic carbocycles. The maximum absolute atomic E-state index is 5.82. The first kappa shape index (κ1) is 14.9. The third-order valence-corrected chi connectivity index (χ3v) is 3.47. The van der Waals surface area contributed by atoms with E-state index < -0.39 is 0 Å². The Morgan fingerprint density at radius 1 is 1.30 bits per heavy atom. The van der Waals surface area contributed by atoms with Crippen molar-refractivity contribution >= 4 is 15.9 Å².